The zero-order valence-corrected chi connectivity index (χ0v) is 8.48. The first-order valence-electron chi connectivity index (χ1n) is 5.53. The number of rotatable bonds is 2. The number of carbonyl (C=O) groups excluding carboxylic acids is 2. The van der Waals surface area contributed by atoms with Gasteiger partial charge in [-0.1, -0.05) is 6.42 Å². The van der Waals surface area contributed by atoms with Crippen LogP contribution in [-0.4, -0.2) is 11.9 Å². The van der Waals surface area contributed by atoms with Gasteiger partial charge < -0.3 is 19.8 Å². The van der Waals surface area contributed by atoms with Crippen molar-refractivity contribution in [2.24, 2.45) is 23.7 Å². The highest BCUT2D eigenvalue weighted by Gasteiger charge is 2.42. The predicted molar refractivity (Wildman–Crippen MR) is 47.1 cm³/mol. The Kier molecular flexibility index (Phi) is 2.67. The number of fused-ring (bicyclic) bond motifs is 4. The van der Waals surface area contributed by atoms with E-state index in [2.05, 4.69) is 0 Å². The van der Waals surface area contributed by atoms with E-state index in [0.717, 1.165) is 32.1 Å². The Bertz CT molecular complexity index is 254. The number of hydrogen-bond donors (Lipinski definition) is 0. The second-order valence-electron chi connectivity index (χ2n) is 4.72. The van der Waals surface area contributed by atoms with Crippen LogP contribution in [0.15, 0.2) is 0 Å². The van der Waals surface area contributed by atoms with E-state index in [-0.39, 0.29) is 11.8 Å². The minimum atomic E-state index is -1.21. The molecule has 0 radical (unpaired) electrons. The predicted octanol–water partition coefficient (Wildman–Crippen LogP) is -1.07. The van der Waals surface area contributed by atoms with Crippen molar-refractivity contribution in [1.82, 2.24) is 0 Å². The molecule has 0 amide bonds. The molecule has 0 saturated heterocycles. The summed E-state index contributed by atoms with van der Waals surface area (Å²) in [5.41, 5.74) is 0. The molecule has 0 aromatic rings. The second kappa shape index (κ2) is 3.83. The minimum absolute atomic E-state index is 0.0170. The maximum atomic E-state index is 11.0. The molecule has 84 valence electrons. The number of carboxylic acid groups (broad SMARTS) is 2. The van der Waals surface area contributed by atoms with Crippen LogP contribution in [0, 0.1) is 23.7 Å². The van der Waals surface area contributed by atoms with E-state index in [1.54, 1.807) is 0 Å². The lowest BCUT2D eigenvalue weighted by atomic mass is 9.68. The third-order valence-corrected chi connectivity index (χ3v) is 4.01. The van der Waals surface area contributed by atoms with E-state index in [9.17, 15) is 19.8 Å². The van der Waals surface area contributed by atoms with Crippen molar-refractivity contribution in [3.8, 4) is 0 Å². The number of carboxylic acids is 2. The van der Waals surface area contributed by atoms with E-state index in [4.69, 9.17) is 0 Å². The van der Waals surface area contributed by atoms with Crippen LogP contribution in [0.2, 0.25) is 0 Å². The van der Waals surface area contributed by atoms with Gasteiger partial charge in [-0.3, -0.25) is 0 Å². The summed E-state index contributed by atoms with van der Waals surface area (Å²) in [7, 11) is 0. The van der Waals surface area contributed by atoms with Gasteiger partial charge in [0, 0.05) is 23.8 Å². The Balaban J connectivity index is 2.31. The lowest BCUT2D eigenvalue weighted by molar-refractivity contribution is -0.332. The summed E-state index contributed by atoms with van der Waals surface area (Å²) >= 11 is 0. The molecule has 0 aliphatic heterocycles. The minimum Gasteiger partial charge on any atom is -0.550 e. The highest BCUT2D eigenvalue weighted by Crippen LogP contribution is 2.46. The zero-order chi connectivity index (χ0) is 11.0. The van der Waals surface area contributed by atoms with E-state index < -0.39 is 23.8 Å². The van der Waals surface area contributed by atoms with Gasteiger partial charge in [-0.25, -0.2) is 0 Å². The summed E-state index contributed by atoms with van der Waals surface area (Å²) < 4.78 is 0. The molecule has 3 saturated carbocycles. The Labute approximate surface area is 88.3 Å². The van der Waals surface area contributed by atoms with Gasteiger partial charge in [-0.15, -0.1) is 0 Å². The first kappa shape index (κ1) is 10.5. The fourth-order valence-electron chi connectivity index (χ4n) is 3.34. The molecule has 0 N–H and O–H groups in total. The molecule has 3 aliphatic rings. The Morgan fingerprint density at radius 2 is 1.20 bits per heavy atom. The summed E-state index contributed by atoms with van der Waals surface area (Å²) in [5.74, 6) is -4.10. The first-order valence-corrected chi connectivity index (χ1v) is 5.53. The van der Waals surface area contributed by atoms with E-state index in [1.807, 2.05) is 0 Å². The molecule has 0 aromatic carbocycles. The number of hydrogen-bond acceptors (Lipinski definition) is 4. The molecule has 4 nitrogen and oxygen atoms in total. The van der Waals surface area contributed by atoms with Crippen LogP contribution in [-0.2, 0) is 9.59 Å². The van der Waals surface area contributed by atoms with Crippen molar-refractivity contribution < 1.29 is 19.8 Å². The standard InChI is InChI=1S/C11H16O4/c12-10(13)8-6-2-1-3-7(5-4-6)9(8)11(14)15/h6-9H,1-5H2,(H,12,13)(H,14,15)/p-2/t6-,7-,8-,9+/m0/s1. The molecule has 0 spiro atoms. The van der Waals surface area contributed by atoms with E-state index in [1.165, 1.54) is 0 Å². The largest absolute Gasteiger partial charge is 0.550 e. The molecule has 3 fully saturated rings. The summed E-state index contributed by atoms with van der Waals surface area (Å²) in [4.78, 5) is 22.0. The molecule has 3 rings (SSSR count). The second-order valence-corrected chi connectivity index (χ2v) is 4.72. The van der Waals surface area contributed by atoms with Gasteiger partial charge in [0.05, 0.1) is 0 Å². The van der Waals surface area contributed by atoms with Crippen molar-refractivity contribution in [3.05, 3.63) is 0 Å². The average Bonchev–Trinajstić information content (AvgIpc) is 2.48. The van der Waals surface area contributed by atoms with Crippen LogP contribution in [0.3, 0.4) is 0 Å². The third kappa shape index (κ3) is 1.73. The van der Waals surface area contributed by atoms with Gasteiger partial charge in [0.2, 0.25) is 0 Å². The maximum absolute atomic E-state index is 11.0. The Morgan fingerprint density at radius 1 is 0.800 bits per heavy atom. The van der Waals surface area contributed by atoms with Crippen LogP contribution in [0.25, 0.3) is 0 Å². The van der Waals surface area contributed by atoms with Gasteiger partial charge in [0.25, 0.3) is 0 Å². The van der Waals surface area contributed by atoms with Gasteiger partial charge >= 0.3 is 0 Å². The van der Waals surface area contributed by atoms with Crippen LogP contribution < -0.4 is 10.2 Å². The summed E-state index contributed by atoms with van der Waals surface area (Å²) in [6.45, 7) is 0. The monoisotopic (exact) mass is 210 g/mol. The van der Waals surface area contributed by atoms with Crippen molar-refractivity contribution in [2.75, 3.05) is 0 Å². The SMILES string of the molecule is O=C([O-])[C@@H]1[C@H]2CCC[C@@H](CC2)[C@@H]1C(=O)[O-]. The highest BCUT2D eigenvalue weighted by atomic mass is 16.4. The quantitative estimate of drug-likeness (QED) is 0.581. The number of aliphatic carboxylic acids is 2. The van der Waals surface area contributed by atoms with Gasteiger partial charge in [0.15, 0.2) is 0 Å². The van der Waals surface area contributed by atoms with Crippen LogP contribution in [0.5, 0.6) is 0 Å². The van der Waals surface area contributed by atoms with E-state index >= 15 is 0 Å². The summed E-state index contributed by atoms with van der Waals surface area (Å²) in [6, 6.07) is 0. The first-order chi connectivity index (χ1) is 7.11. The molecule has 2 bridgehead atoms. The van der Waals surface area contributed by atoms with Gasteiger partial charge in [-0.05, 0) is 37.5 Å². The third-order valence-electron chi connectivity index (χ3n) is 4.01. The van der Waals surface area contributed by atoms with E-state index in [0.29, 0.717) is 0 Å². The Hall–Kier alpha value is -1.06. The zero-order valence-electron chi connectivity index (χ0n) is 8.48. The van der Waals surface area contributed by atoms with Crippen molar-refractivity contribution in [1.29, 1.82) is 0 Å². The van der Waals surface area contributed by atoms with Gasteiger partial charge in [-0.2, -0.15) is 0 Å². The fourth-order valence-corrected chi connectivity index (χ4v) is 3.34. The molecule has 3 aliphatic carbocycles. The maximum Gasteiger partial charge on any atom is 0.0454 e. The fraction of sp³-hybridized carbons (Fsp3) is 0.818. The molecule has 15 heavy (non-hydrogen) atoms. The lowest BCUT2D eigenvalue weighted by Gasteiger charge is -2.41. The molecular weight excluding hydrogens is 196 g/mol. The van der Waals surface area contributed by atoms with Crippen molar-refractivity contribution in [3.63, 3.8) is 0 Å². The summed E-state index contributed by atoms with van der Waals surface area (Å²) in [5, 5.41) is 22.0. The lowest BCUT2D eigenvalue weighted by Crippen LogP contribution is -2.51. The number of carbonyl (C=O) groups is 2. The topological polar surface area (TPSA) is 80.3 Å². The highest BCUT2D eigenvalue weighted by molar-refractivity contribution is 5.78. The molecule has 4 heteroatoms. The average molecular weight is 210 g/mol. The molecule has 4 atom stereocenters. The molecular formula is C11H14O4-2. The van der Waals surface area contributed by atoms with Gasteiger partial charge in [0.1, 0.15) is 0 Å². The molecule has 0 unspecified atom stereocenters. The van der Waals surface area contributed by atoms with Crippen LogP contribution >= 0.6 is 0 Å². The van der Waals surface area contributed by atoms with Crippen molar-refractivity contribution in [2.45, 2.75) is 32.1 Å². The molecule has 0 heterocycles. The van der Waals surface area contributed by atoms with Crippen molar-refractivity contribution >= 4 is 11.9 Å². The Morgan fingerprint density at radius 3 is 1.53 bits per heavy atom. The normalized spacial score (nSPS) is 39.7. The van der Waals surface area contributed by atoms with Crippen LogP contribution in [0.4, 0.5) is 0 Å². The molecule has 0 aromatic heterocycles. The summed E-state index contributed by atoms with van der Waals surface area (Å²) in [6.07, 6.45) is 4.22. The smallest absolute Gasteiger partial charge is 0.0454 e. The van der Waals surface area contributed by atoms with Crippen LogP contribution in [0.1, 0.15) is 32.1 Å².